The third-order valence-corrected chi connectivity index (χ3v) is 7.40. The van der Waals surface area contributed by atoms with E-state index in [1.807, 2.05) is 91.1 Å². The van der Waals surface area contributed by atoms with Crippen molar-refractivity contribution in [2.24, 2.45) is 0 Å². The molecule has 1 aliphatic heterocycles. The molecule has 0 atom stereocenters. The van der Waals surface area contributed by atoms with Gasteiger partial charge in [-0.15, -0.1) is 0 Å². The zero-order valence-electron chi connectivity index (χ0n) is 19.7. The fraction of sp³-hybridized carbons (Fsp3) is 0.133. The highest BCUT2D eigenvalue weighted by Gasteiger charge is 2.20. The third kappa shape index (κ3) is 3.11. The molecular weight excluding hydrogens is 448 g/mol. The molecule has 6 nitrogen and oxygen atoms in total. The monoisotopic (exact) mass is 472 g/mol. The Morgan fingerprint density at radius 3 is 0.833 bits per heavy atom. The van der Waals surface area contributed by atoms with Crippen LogP contribution in [0.25, 0.3) is 22.1 Å². The molecule has 6 heteroatoms. The van der Waals surface area contributed by atoms with E-state index in [1.54, 1.807) is 0 Å². The number of imidazole rings is 2. The first-order valence-corrected chi connectivity index (χ1v) is 12.2. The molecule has 0 fully saturated rings. The molecule has 6 aromatic rings. The molecule has 1 aliphatic rings. The number of hydrogen-bond acceptors (Lipinski definition) is 2. The summed E-state index contributed by atoms with van der Waals surface area (Å²) in [5.74, 6) is 0. The van der Waals surface area contributed by atoms with E-state index in [-0.39, 0.29) is 11.4 Å². The molecule has 0 aliphatic carbocycles. The zero-order chi connectivity index (χ0) is 24.2. The summed E-state index contributed by atoms with van der Waals surface area (Å²) < 4.78 is 7.42. The molecule has 176 valence electrons. The zero-order valence-corrected chi connectivity index (χ0v) is 19.7. The van der Waals surface area contributed by atoms with Crippen molar-refractivity contribution < 1.29 is 0 Å². The summed E-state index contributed by atoms with van der Waals surface area (Å²) in [6, 6.07) is 32.1. The molecule has 4 bridgehead atoms. The number of benzene rings is 4. The lowest BCUT2D eigenvalue weighted by atomic mass is 10.1. The Bertz CT molecular complexity index is 1630. The lowest BCUT2D eigenvalue weighted by Crippen LogP contribution is -2.28. The molecule has 4 aromatic carbocycles. The lowest BCUT2D eigenvalue weighted by molar-refractivity contribution is 0.662. The normalized spacial score (nSPS) is 13.3. The number of rotatable bonds is 0. The quantitative estimate of drug-likeness (QED) is 0.328. The highest BCUT2D eigenvalue weighted by molar-refractivity contribution is 5.77. The van der Waals surface area contributed by atoms with Crippen LogP contribution in [0.15, 0.2) is 107 Å². The average molecular weight is 473 g/mol. The van der Waals surface area contributed by atoms with Crippen molar-refractivity contribution in [3.05, 3.63) is 140 Å². The Kier molecular flexibility index (Phi) is 4.61. The van der Waals surface area contributed by atoms with Crippen molar-refractivity contribution in [1.29, 1.82) is 0 Å². The second-order valence-electron chi connectivity index (χ2n) is 9.42. The summed E-state index contributed by atoms with van der Waals surface area (Å²) >= 11 is 0. The Labute approximate surface area is 206 Å². The van der Waals surface area contributed by atoms with Gasteiger partial charge in [-0.3, -0.25) is 18.3 Å². The van der Waals surface area contributed by atoms with Gasteiger partial charge in [-0.05, 0) is 46.5 Å². The molecule has 3 heterocycles. The first kappa shape index (κ1) is 20.8. The van der Waals surface area contributed by atoms with E-state index in [2.05, 4.69) is 24.3 Å². The molecule has 0 saturated carbocycles. The van der Waals surface area contributed by atoms with Crippen molar-refractivity contribution >= 4 is 22.1 Å². The van der Waals surface area contributed by atoms with E-state index in [0.717, 1.165) is 44.3 Å². The lowest BCUT2D eigenvalue weighted by Gasteiger charge is -2.13. The molecule has 7 rings (SSSR count). The Hall–Kier alpha value is -4.58. The smallest absolute Gasteiger partial charge is 0.287 e. The van der Waals surface area contributed by atoms with Gasteiger partial charge in [0.2, 0.25) is 0 Å². The Morgan fingerprint density at radius 2 is 0.583 bits per heavy atom. The average Bonchev–Trinajstić information content (AvgIpc) is 3.32. The molecule has 2 aromatic heterocycles. The van der Waals surface area contributed by atoms with E-state index in [1.165, 1.54) is 0 Å². The first-order chi connectivity index (χ1) is 17.7. The summed E-state index contributed by atoms with van der Waals surface area (Å²) in [4.78, 5) is 27.6. The van der Waals surface area contributed by atoms with Gasteiger partial charge in [0.25, 0.3) is 0 Å². The van der Waals surface area contributed by atoms with Crippen LogP contribution in [0, 0.1) is 0 Å². The van der Waals surface area contributed by atoms with Gasteiger partial charge in [0.15, 0.2) is 0 Å². The van der Waals surface area contributed by atoms with Crippen LogP contribution < -0.4 is 11.4 Å². The maximum atomic E-state index is 13.8. The van der Waals surface area contributed by atoms with E-state index < -0.39 is 0 Å². The highest BCUT2D eigenvalue weighted by Crippen LogP contribution is 2.23. The topological polar surface area (TPSA) is 53.9 Å². The molecule has 0 amide bonds. The first-order valence-electron chi connectivity index (χ1n) is 12.2. The minimum absolute atomic E-state index is 0.0270. The molecule has 0 unspecified atom stereocenters. The van der Waals surface area contributed by atoms with Crippen LogP contribution in [0.3, 0.4) is 0 Å². The van der Waals surface area contributed by atoms with Gasteiger partial charge in [-0.1, -0.05) is 72.8 Å². The van der Waals surface area contributed by atoms with Crippen molar-refractivity contribution in [2.45, 2.75) is 26.2 Å². The van der Waals surface area contributed by atoms with Crippen LogP contribution in [0.1, 0.15) is 22.3 Å². The second kappa shape index (κ2) is 7.99. The van der Waals surface area contributed by atoms with Gasteiger partial charge in [-0.25, -0.2) is 9.59 Å². The highest BCUT2D eigenvalue weighted by atomic mass is 16.2. The molecular formula is C30H24N4O2. The van der Waals surface area contributed by atoms with Crippen molar-refractivity contribution in [1.82, 2.24) is 18.3 Å². The second-order valence-corrected chi connectivity index (χ2v) is 9.42. The fourth-order valence-corrected chi connectivity index (χ4v) is 5.57. The predicted octanol–water partition coefficient (Wildman–Crippen LogP) is 4.43. The maximum Gasteiger partial charge on any atom is 0.329 e. The van der Waals surface area contributed by atoms with Crippen LogP contribution in [-0.4, -0.2) is 18.3 Å². The third-order valence-electron chi connectivity index (χ3n) is 7.40. The van der Waals surface area contributed by atoms with E-state index in [0.29, 0.717) is 26.2 Å². The predicted molar refractivity (Wildman–Crippen MR) is 142 cm³/mol. The van der Waals surface area contributed by atoms with Crippen LogP contribution >= 0.6 is 0 Å². The minimum Gasteiger partial charge on any atom is -0.287 e. The summed E-state index contributed by atoms with van der Waals surface area (Å²) in [5.41, 5.74) is 7.73. The molecule has 36 heavy (non-hydrogen) atoms. The number of nitrogens with zero attached hydrogens (tertiary/aromatic N) is 4. The van der Waals surface area contributed by atoms with E-state index in [4.69, 9.17) is 0 Å². The molecule has 0 spiro atoms. The SMILES string of the molecule is O=c1n2c3ccccc3n1Cc1ccccc1Cn1c(=O)n(c3ccccc31)Cc1ccccc1C2. The van der Waals surface area contributed by atoms with E-state index >= 15 is 0 Å². The summed E-state index contributed by atoms with van der Waals surface area (Å²) in [6.45, 7) is 1.77. The summed E-state index contributed by atoms with van der Waals surface area (Å²) in [7, 11) is 0. The molecule has 0 radical (unpaired) electrons. The fourth-order valence-electron chi connectivity index (χ4n) is 5.57. The molecule has 0 N–H and O–H groups in total. The summed E-state index contributed by atoms with van der Waals surface area (Å²) in [6.07, 6.45) is 0. The number of fused-ring (bicyclic) bond motifs is 12. The van der Waals surface area contributed by atoms with Gasteiger partial charge in [0.05, 0.1) is 48.2 Å². The van der Waals surface area contributed by atoms with Crippen LogP contribution in [0.5, 0.6) is 0 Å². The van der Waals surface area contributed by atoms with E-state index in [9.17, 15) is 9.59 Å². The van der Waals surface area contributed by atoms with Crippen molar-refractivity contribution in [3.63, 3.8) is 0 Å². The number of aromatic nitrogens is 4. The van der Waals surface area contributed by atoms with Crippen molar-refractivity contribution in [3.8, 4) is 0 Å². The van der Waals surface area contributed by atoms with Crippen LogP contribution in [0.4, 0.5) is 0 Å². The standard InChI is InChI=1S/C30H24N4O2/c35-29-31-17-21-9-1-2-10-22(21)18-32-27-15-7-8-16-28(27)34(30(32)36)20-24-12-4-3-11-23(24)19-33(29)26-14-6-5-13-25(26)31/h1-16H,17-20H2. The number of para-hydroxylation sites is 4. The van der Waals surface area contributed by atoms with Crippen LogP contribution in [-0.2, 0) is 26.2 Å². The Morgan fingerprint density at radius 1 is 0.361 bits per heavy atom. The van der Waals surface area contributed by atoms with Gasteiger partial charge in [0, 0.05) is 0 Å². The molecule has 0 saturated heterocycles. The van der Waals surface area contributed by atoms with Crippen LogP contribution in [0.2, 0.25) is 0 Å². The van der Waals surface area contributed by atoms with Gasteiger partial charge >= 0.3 is 11.4 Å². The maximum absolute atomic E-state index is 13.8. The van der Waals surface area contributed by atoms with Crippen molar-refractivity contribution in [2.75, 3.05) is 0 Å². The summed E-state index contributed by atoms with van der Waals surface area (Å²) in [5, 5.41) is 0. The largest absolute Gasteiger partial charge is 0.329 e. The minimum atomic E-state index is -0.0270. The van der Waals surface area contributed by atoms with Gasteiger partial charge < -0.3 is 0 Å². The van der Waals surface area contributed by atoms with Gasteiger partial charge in [0.1, 0.15) is 0 Å². The van der Waals surface area contributed by atoms with Gasteiger partial charge in [-0.2, -0.15) is 0 Å². The number of hydrogen-bond donors (Lipinski definition) is 0. The Balaban J connectivity index is 1.55.